The minimum atomic E-state index is -2.60. The molecule has 0 atom stereocenters. The molecule has 1 aliphatic rings. The van der Waals surface area contributed by atoms with Gasteiger partial charge in [-0.15, -0.1) is 0 Å². The summed E-state index contributed by atoms with van der Waals surface area (Å²) in [5.74, 6) is -1.86. The maximum Gasteiger partial charge on any atom is 0.288 e. The van der Waals surface area contributed by atoms with Crippen LogP contribution in [0.5, 0.6) is 0 Å². The van der Waals surface area contributed by atoms with Gasteiger partial charge in [0.1, 0.15) is 5.69 Å². The van der Waals surface area contributed by atoms with Crippen molar-refractivity contribution in [2.24, 2.45) is 0 Å². The number of hydrogen-bond donors (Lipinski definition) is 1. The number of nitrogens with one attached hydrogen (secondary N) is 1. The highest BCUT2D eigenvalue weighted by molar-refractivity contribution is 7.99. The molecule has 0 unspecified atom stereocenters. The predicted octanol–water partition coefficient (Wildman–Crippen LogP) is 4.10. The molecule has 9 heteroatoms. The van der Waals surface area contributed by atoms with Crippen molar-refractivity contribution < 1.29 is 13.6 Å². The monoisotopic (exact) mass is 407 g/mol. The minimum Gasteiger partial charge on any atom is -0.361 e. The maximum absolute atomic E-state index is 12.8. The quantitative estimate of drug-likeness (QED) is 0.728. The number of halogens is 2. The van der Waals surface area contributed by atoms with Crippen molar-refractivity contribution in [3.63, 3.8) is 0 Å². The Morgan fingerprint density at radius 2 is 1.93 bits per heavy atom. The maximum atomic E-state index is 12.8. The fourth-order valence-electron chi connectivity index (χ4n) is 3.08. The topological polar surface area (TPSA) is 61.4 Å². The molecule has 150 valence electrons. The van der Waals surface area contributed by atoms with Gasteiger partial charge in [0.25, 0.3) is 11.7 Å². The number of amides is 1. The number of hydrogen-bond acceptors (Lipinski definition) is 6. The number of benzene rings is 1. The third-order valence-corrected chi connectivity index (χ3v) is 5.20. The zero-order chi connectivity index (χ0) is 20.1. The summed E-state index contributed by atoms with van der Waals surface area (Å²) in [6.07, 6.45) is 5.00. The molecule has 1 aromatic carbocycles. The third-order valence-electron chi connectivity index (χ3n) is 4.41. The zero-order valence-corrected chi connectivity index (χ0v) is 16.7. The molecule has 0 saturated carbocycles. The molecule has 1 fully saturated rings. The van der Waals surface area contributed by atoms with Crippen LogP contribution in [-0.2, 0) is 0 Å². The van der Waals surface area contributed by atoms with Crippen molar-refractivity contribution in [2.75, 3.05) is 42.3 Å². The summed E-state index contributed by atoms with van der Waals surface area (Å²) in [4.78, 5) is 25.9. The highest BCUT2D eigenvalue weighted by atomic mass is 32.2. The summed E-state index contributed by atoms with van der Waals surface area (Å²) in [5, 5.41) is 2.77. The minimum absolute atomic E-state index is 0.192. The Labute approximate surface area is 167 Å². The lowest BCUT2D eigenvalue weighted by molar-refractivity contribution is 0.102. The lowest BCUT2D eigenvalue weighted by atomic mass is 10.1. The molecule has 1 N–H and O–H groups in total. The van der Waals surface area contributed by atoms with Crippen LogP contribution < -0.4 is 15.1 Å². The predicted molar refractivity (Wildman–Crippen MR) is 109 cm³/mol. The Bertz CT molecular complexity index is 828. The molecule has 1 amide bonds. The van der Waals surface area contributed by atoms with Crippen LogP contribution >= 0.6 is 11.8 Å². The molecular weight excluding hydrogens is 384 g/mol. The molecule has 0 spiro atoms. The van der Waals surface area contributed by atoms with Crippen molar-refractivity contribution in [3.8, 4) is 0 Å². The summed E-state index contributed by atoms with van der Waals surface area (Å²) >= 11 is 0.353. The summed E-state index contributed by atoms with van der Waals surface area (Å²) in [7, 11) is 3.66. The average molecular weight is 407 g/mol. The molecule has 28 heavy (non-hydrogen) atoms. The van der Waals surface area contributed by atoms with Gasteiger partial charge in [0.2, 0.25) is 5.95 Å². The van der Waals surface area contributed by atoms with E-state index in [1.807, 2.05) is 14.1 Å². The second-order valence-electron chi connectivity index (χ2n) is 6.68. The fraction of sp³-hybridized carbons (Fsp3) is 0.421. The molecule has 2 heterocycles. The van der Waals surface area contributed by atoms with Gasteiger partial charge < -0.3 is 15.1 Å². The molecular formula is C19H23F2N5OS. The third kappa shape index (κ3) is 4.89. The van der Waals surface area contributed by atoms with E-state index in [2.05, 4.69) is 20.2 Å². The van der Waals surface area contributed by atoms with Crippen LogP contribution in [0.2, 0.25) is 0 Å². The second kappa shape index (κ2) is 9.18. The SMILES string of the molecule is CN(C)c1nc(N2CCCCC2)ncc1NC(=O)c1ccccc1SC(F)F. The molecule has 3 rings (SSSR count). The first-order valence-corrected chi connectivity index (χ1v) is 9.98. The molecule has 1 aromatic heterocycles. The molecule has 6 nitrogen and oxygen atoms in total. The lowest BCUT2D eigenvalue weighted by Gasteiger charge is -2.28. The van der Waals surface area contributed by atoms with Crippen LogP contribution in [0.4, 0.5) is 26.2 Å². The van der Waals surface area contributed by atoms with Crippen LogP contribution in [0.3, 0.4) is 0 Å². The Balaban J connectivity index is 1.84. The van der Waals surface area contributed by atoms with Crippen LogP contribution in [0.25, 0.3) is 0 Å². The van der Waals surface area contributed by atoms with Gasteiger partial charge in [-0.3, -0.25) is 4.79 Å². The Kier molecular flexibility index (Phi) is 6.66. The average Bonchev–Trinajstić information content (AvgIpc) is 2.68. The van der Waals surface area contributed by atoms with E-state index in [0.29, 0.717) is 29.2 Å². The van der Waals surface area contributed by atoms with Gasteiger partial charge in [0.05, 0.1) is 11.8 Å². The van der Waals surface area contributed by atoms with Crippen LogP contribution in [0.15, 0.2) is 35.4 Å². The second-order valence-corrected chi connectivity index (χ2v) is 7.71. The fourth-order valence-corrected chi connectivity index (χ4v) is 3.72. The first kappa shape index (κ1) is 20.3. The first-order valence-electron chi connectivity index (χ1n) is 9.10. The van der Waals surface area contributed by atoms with Gasteiger partial charge in [-0.25, -0.2) is 4.98 Å². The van der Waals surface area contributed by atoms with E-state index in [9.17, 15) is 13.6 Å². The Morgan fingerprint density at radius 3 is 2.61 bits per heavy atom. The Hall–Kier alpha value is -2.42. The molecule has 1 saturated heterocycles. The van der Waals surface area contributed by atoms with Crippen molar-refractivity contribution in [2.45, 2.75) is 29.9 Å². The van der Waals surface area contributed by atoms with Gasteiger partial charge in [0, 0.05) is 32.1 Å². The van der Waals surface area contributed by atoms with Crippen molar-refractivity contribution in [1.82, 2.24) is 9.97 Å². The van der Waals surface area contributed by atoms with Crippen LogP contribution in [0, 0.1) is 0 Å². The first-order chi connectivity index (χ1) is 13.5. The van der Waals surface area contributed by atoms with Gasteiger partial charge in [-0.2, -0.15) is 13.8 Å². The number of carbonyl (C=O) groups excluding carboxylic acids is 1. The number of nitrogens with zero attached hydrogens (tertiary/aromatic N) is 4. The standard InChI is InChI=1S/C19H23F2N5OS/c1-25(2)16-14(12-22-19(24-16)26-10-6-3-7-11-26)23-17(27)13-8-4-5-9-15(13)28-18(20)21/h4-5,8-9,12,18H,3,6-7,10-11H2,1-2H3,(H,23,27). The number of aromatic nitrogens is 2. The smallest absolute Gasteiger partial charge is 0.288 e. The molecule has 0 bridgehead atoms. The highest BCUT2D eigenvalue weighted by Crippen LogP contribution is 2.30. The summed E-state index contributed by atoms with van der Waals surface area (Å²) < 4.78 is 25.6. The van der Waals surface area contributed by atoms with Crippen molar-refractivity contribution in [1.29, 1.82) is 0 Å². The van der Waals surface area contributed by atoms with Crippen molar-refractivity contribution >= 4 is 35.1 Å². The van der Waals surface area contributed by atoms with Crippen LogP contribution in [-0.4, -0.2) is 48.8 Å². The number of alkyl halides is 2. The van der Waals surface area contributed by atoms with Gasteiger partial charge in [0.15, 0.2) is 5.82 Å². The van der Waals surface area contributed by atoms with Gasteiger partial charge >= 0.3 is 0 Å². The summed E-state index contributed by atoms with van der Waals surface area (Å²) in [6.45, 7) is 1.83. The summed E-state index contributed by atoms with van der Waals surface area (Å²) in [5.41, 5.74) is 0.630. The zero-order valence-electron chi connectivity index (χ0n) is 15.9. The van der Waals surface area contributed by atoms with Gasteiger partial charge in [-0.05, 0) is 31.4 Å². The van der Waals surface area contributed by atoms with Gasteiger partial charge in [-0.1, -0.05) is 23.9 Å². The molecule has 0 radical (unpaired) electrons. The largest absolute Gasteiger partial charge is 0.361 e. The molecule has 2 aromatic rings. The number of carbonyl (C=O) groups is 1. The number of rotatable bonds is 6. The van der Waals surface area contributed by atoms with E-state index in [4.69, 9.17) is 0 Å². The number of piperidine rings is 1. The molecule has 0 aliphatic carbocycles. The lowest BCUT2D eigenvalue weighted by Crippen LogP contribution is -2.31. The van der Waals surface area contributed by atoms with E-state index >= 15 is 0 Å². The van der Waals surface area contributed by atoms with E-state index in [1.54, 1.807) is 23.2 Å². The summed E-state index contributed by atoms with van der Waals surface area (Å²) in [6, 6.07) is 6.31. The molecule has 1 aliphatic heterocycles. The Morgan fingerprint density at radius 1 is 1.21 bits per heavy atom. The number of thioether (sulfide) groups is 1. The van der Waals surface area contributed by atoms with E-state index in [-0.39, 0.29) is 10.5 Å². The highest BCUT2D eigenvalue weighted by Gasteiger charge is 2.20. The van der Waals surface area contributed by atoms with E-state index < -0.39 is 11.7 Å². The van der Waals surface area contributed by atoms with E-state index in [1.165, 1.54) is 18.6 Å². The van der Waals surface area contributed by atoms with E-state index in [0.717, 1.165) is 25.9 Å². The normalized spacial score (nSPS) is 14.2. The van der Waals surface area contributed by atoms with Crippen molar-refractivity contribution in [3.05, 3.63) is 36.0 Å². The van der Waals surface area contributed by atoms with Crippen LogP contribution in [0.1, 0.15) is 29.6 Å². The number of anilines is 3.